The van der Waals surface area contributed by atoms with Gasteiger partial charge in [0.2, 0.25) is 0 Å². The Labute approximate surface area is 156 Å². The van der Waals surface area contributed by atoms with Crippen molar-refractivity contribution >= 4 is 0 Å². The molecule has 3 heteroatoms. The van der Waals surface area contributed by atoms with Gasteiger partial charge in [-0.15, -0.1) is 0 Å². The third-order valence-corrected chi connectivity index (χ3v) is 5.04. The second kappa shape index (κ2) is 14.4. The van der Waals surface area contributed by atoms with E-state index in [2.05, 4.69) is 6.92 Å². The topological polar surface area (TPSA) is 61.3 Å². The van der Waals surface area contributed by atoms with Gasteiger partial charge in [0.25, 0.3) is 0 Å². The number of rotatable bonds is 16. The molecule has 25 heavy (non-hydrogen) atoms. The van der Waals surface area contributed by atoms with Crippen molar-refractivity contribution in [3.63, 3.8) is 0 Å². The molecule has 0 aliphatic heterocycles. The fourth-order valence-electron chi connectivity index (χ4n) is 3.43. The number of hydrogen-bond donors (Lipinski definition) is 2. The monoisotopic (exact) mass is 350 g/mol. The van der Waals surface area contributed by atoms with Crippen molar-refractivity contribution < 1.29 is 4.74 Å². The second-order valence-electron chi connectivity index (χ2n) is 7.68. The Balaban J connectivity index is 1.79. The first kappa shape index (κ1) is 22.2. The summed E-state index contributed by atoms with van der Waals surface area (Å²) < 4.78 is 5.82. The van der Waals surface area contributed by atoms with E-state index in [4.69, 9.17) is 16.2 Å². The molecule has 0 heterocycles. The summed E-state index contributed by atoms with van der Waals surface area (Å²) in [6.45, 7) is 3.01. The first-order chi connectivity index (χ1) is 12.2. The summed E-state index contributed by atoms with van der Waals surface area (Å²) in [6.07, 6.45) is 25.5. The summed E-state index contributed by atoms with van der Waals surface area (Å²) in [4.78, 5) is 0. The molecule has 1 rings (SSSR count). The molecule has 0 amide bonds. The molecule has 1 aliphatic rings. The average Bonchev–Trinajstić information content (AvgIpc) is 2.58. The molecule has 0 radical (unpaired) electrons. The SMILES string of the molecule is CCCCCCCCCCCCCCCCOC1(N)C=CC=C(N)C1. The van der Waals surface area contributed by atoms with Gasteiger partial charge in [-0.3, -0.25) is 5.73 Å². The molecule has 0 aromatic rings. The van der Waals surface area contributed by atoms with E-state index in [-0.39, 0.29) is 0 Å². The van der Waals surface area contributed by atoms with Gasteiger partial charge in [-0.05, 0) is 18.6 Å². The highest BCUT2D eigenvalue weighted by molar-refractivity contribution is 5.22. The van der Waals surface area contributed by atoms with E-state index >= 15 is 0 Å². The maximum absolute atomic E-state index is 6.17. The molecule has 0 spiro atoms. The maximum atomic E-state index is 6.17. The highest BCUT2D eigenvalue weighted by Gasteiger charge is 2.24. The molecular formula is C22H42N2O. The highest BCUT2D eigenvalue weighted by atomic mass is 16.5. The van der Waals surface area contributed by atoms with Crippen molar-refractivity contribution in [2.24, 2.45) is 11.5 Å². The molecule has 0 fully saturated rings. The first-order valence-electron chi connectivity index (χ1n) is 10.7. The second-order valence-corrected chi connectivity index (χ2v) is 7.68. The molecule has 1 unspecified atom stereocenters. The fourth-order valence-corrected chi connectivity index (χ4v) is 3.43. The largest absolute Gasteiger partial charge is 0.402 e. The van der Waals surface area contributed by atoms with Crippen LogP contribution in [0.3, 0.4) is 0 Å². The van der Waals surface area contributed by atoms with Gasteiger partial charge in [0.1, 0.15) is 5.72 Å². The summed E-state index contributed by atoms with van der Waals surface area (Å²) in [5.41, 5.74) is 12.1. The van der Waals surface area contributed by atoms with Crippen LogP contribution in [0, 0.1) is 0 Å². The lowest BCUT2D eigenvalue weighted by atomic mass is 10.0. The zero-order valence-electron chi connectivity index (χ0n) is 16.6. The molecule has 4 N–H and O–H groups in total. The van der Waals surface area contributed by atoms with Gasteiger partial charge < -0.3 is 10.5 Å². The number of unbranched alkanes of at least 4 members (excludes halogenated alkanes) is 13. The lowest BCUT2D eigenvalue weighted by Crippen LogP contribution is -2.43. The van der Waals surface area contributed by atoms with E-state index in [0.29, 0.717) is 6.42 Å². The van der Waals surface area contributed by atoms with Crippen molar-refractivity contribution in [2.75, 3.05) is 6.61 Å². The molecule has 1 atom stereocenters. The van der Waals surface area contributed by atoms with Crippen LogP contribution in [0.2, 0.25) is 0 Å². The highest BCUT2D eigenvalue weighted by Crippen LogP contribution is 2.20. The average molecular weight is 351 g/mol. The lowest BCUT2D eigenvalue weighted by molar-refractivity contribution is -0.00657. The summed E-state index contributed by atoms with van der Waals surface area (Å²) in [7, 11) is 0. The molecule has 146 valence electrons. The minimum Gasteiger partial charge on any atom is -0.402 e. The molecule has 0 aromatic heterocycles. The standard InChI is InChI=1S/C22H42N2O/c1-2-3-4-5-6-7-8-9-10-11-12-13-14-15-19-25-22(24)18-16-17-21(23)20-22/h16-18H,2-15,19-20,23-24H2,1H3. The zero-order chi connectivity index (χ0) is 18.2. The van der Waals surface area contributed by atoms with Gasteiger partial charge >= 0.3 is 0 Å². The number of nitrogens with two attached hydrogens (primary N) is 2. The van der Waals surface area contributed by atoms with Gasteiger partial charge in [0.15, 0.2) is 0 Å². The van der Waals surface area contributed by atoms with Crippen LogP contribution in [0.4, 0.5) is 0 Å². The van der Waals surface area contributed by atoms with E-state index in [0.717, 1.165) is 18.7 Å². The summed E-state index contributed by atoms with van der Waals surface area (Å²) in [5, 5.41) is 0. The van der Waals surface area contributed by atoms with E-state index < -0.39 is 5.72 Å². The van der Waals surface area contributed by atoms with Gasteiger partial charge in [0, 0.05) is 18.7 Å². The Morgan fingerprint density at radius 3 is 1.80 bits per heavy atom. The summed E-state index contributed by atoms with van der Waals surface area (Å²) in [5.74, 6) is 0. The molecular weight excluding hydrogens is 308 g/mol. The molecule has 3 nitrogen and oxygen atoms in total. The number of hydrogen-bond acceptors (Lipinski definition) is 3. The first-order valence-corrected chi connectivity index (χ1v) is 10.7. The minimum absolute atomic E-state index is 0.599. The fraction of sp³-hybridized carbons (Fsp3) is 0.818. The summed E-state index contributed by atoms with van der Waals surface area (Å²) >= 11 is 0. The molecule has 0 saturated heterocycles. The Morgan fingerprint density at radius 1 is 0.840 bits per heavy atom. The maximum Gasteiger partial charge on any atom is 0.141 e. The van der Waals surface area contributed by atoms with Crippen LogP contribution >= 0.6 is 0 Å². The van der Waals surface area contributed by atoms with E-state index in [1.165, 1.54) is 83.5 Å². The van der Waals surface area contributed by atoms with E-state index in [1.807, 2.05) is 18.2 Å². The van der Waals surface area contributed by atoms with Crippen molar-refractivity contribution in [1.29, 1.82) is 0 Å². The van der Waals surface area contributed by atoms with Crippen molar-refractivity contribution in [2.45, 2.75) is 109 Å². The smallest absolute Gasteiger partial charge is 0.141 e. The van der Waals surface area contributed by atoms with Gasteiger partial charge in [-0.25, -0.2) is 0 Å². The lowest BCUT2D eigenvalue weighted by Gasteiger charge is -2.28. The Morgan fingerprint density at radius 2 is 1.32 bits per heavy atom. The predicted octanol–water partition coefficient (Wildman–Crippen LogP) is 5.94. The van der Waals surface area contributed by atoms with Crippen LogP contribution in [0.5, 0.6) is 0 Å². The minimum atomic E-state index is -0.685. The summed E-state index contributed by atoms with van der Waals surface area (Å²) in [6, 6.07) is 0. The Hall–Kier alpha value is -0.800. The van der Waals surface area contributed by atoms with E-state index in [1.54, 1.807) is 0 Å². The normalized spacial score (nSPS) is 20.0. The van der Waals surface area contributed by atoms with Gasteiger partial charge in [-0.2, -0.15) is 0 Å². The number of allylic oxidation sites excluding steroid dienone is 2. The quantitative estimate of drug-likeness (QED) is 0.267. The van der Waals surface area contributed by atoms with Crippen LogP contribution in [0.25, 0.3) is 0 Å². The van der Waals surface area contributed by atoms with Crippen LogP contribution in [0.1, 0.15) is 103 Å². The van der Waals surface area contributed by atoms with Crippen LogP contribution in [-0.2, 0) is 4.74 Å². The number of ether oxygens (including phenoxy) is 1. The van der Waals surface area contributed by atoms with Crippen LogP contribution < -0.4 is 11.5 Å². The van der Waals surface area contributed by atoms with Gasteiger partial charge in [-0.1, -0.05) is 96.5 Å². The Kier molecular flexibility index (Phi) is 12.8. The van der Waals surface area contributed by atoms with Crippen molar-refractivity contribution in [3.05, 3.63) is 23.9 Å². The third kappa shape index (κ3) is 12.2. The van der Waals surface area contributed by atoms with Gasteiger partial charge in [0.05, 0.1) is 0 Å². The molecule has 0 saturated carbocycles. The van der Waals surface area contributed by atoms with Crippen LogP contribution in [0.15, 0.2) is 23.9 Å². The van der Waals surface area contributed by atoms with E-state index in [9.17, 15) is 0 Å². The molecule has 0 aromatic carbocycles. The zero-order valence-corrected chi connectivity index (χ0v) is 16.6. The Bertz CT molecular complexity index is 378. The molecule has 1 aliphatic carbocycles. The van der Waals surface area contributed by atoms with Crippen molar-refractivity contribution in [1.82, 2.24) is 0 Å². The molecule has 0 bridgehead atoms. The van der Waals surface area contributed by atoms with Crippen LogP contribution in [-0.4, -0.2) is 12.3 Å². The van der Waals surface area contributed by atoms with Crippen molar-refractivity contribution in [3.8, 4) is 0 Å². The third-order valence-electron chi connectivity index (χ3n) is 5.04. The predicted molar refractivity (Wildman–Crippen MR) is 109 cm³/mol.